The zero-order valence-corrected chi connectivity index (χ0v) is 8.66. The molecule has 1 N–H and O–H groups in total. The SMILES string of the molecule is O=C(CO)COC(=O)c1ccc([N+](=O)[O-])cc1. The normalized spacial score (nSPS) is 9.71. The van der Waals surface area contributed by atoms with E-state index in [2.05, 4.69) is 4.74 Å². The summed E-state index contributed by atoms with van der Waals surface area (Å²) >= 11 is 0. The first-order valence-corrected chi connectivity index (χ1v) is 4.58. The van der Waals surface area contributed by atoms with E-state index in [1.807, 2.05) is 0 Å². The van der Waals surface area contributed by atoms with Crippen molar-refractivity contribution >= 4 is 17.4 Å². The third-order valence-corrected chi connectivity index (χ3v) is 1.85. The minimum Gasteiger partial charge on any atom is -0.454 e. The number of ketones is 1. The quantitative estimate of drug-likeness (QED) is 0.450. The lowest BCUT2D eigenvalue weighted by Gasteiger charge is -2.02. The molecule has 0 saturated carbocycles. The topological polar surface area (TPSA) is 107 Å². The van der Waals surface area contributed by atoms with Crippen molar-refractivity contribution in [1.82, 2.24) is 0 Å². The van der Waals surface area contributed by atoms with Crippen LogP contribution in [0.3, 0.4) is 0 Å². The molecule has 0 amide bonds. The lowest BCUT2D eigenvalue weighted by molar-refractivity contribution is -0.384. The standard InChI is InChI=1S/C10H9NO6/c12-5-9(13)6-17-10(14)7-1-3-8(4-2-7)11(15)16/h1-4,12H,5-6H2. The van der Waals surface area contributed by atoms with Gasteiger partial charge in [0, 0.05) is 12.1 Å². The largest absolute Gasteiger partial charge is 0.454 e. The molecule has 0 radical (unpaired) electrons. The second kappa shape index (κ2) is 5.71. The summed E-state index contributed by atoms with van der Waals surface area (Å²) in [7, 11) is 0. The van der Waals surface area contributed by atoms with E-state index in [1.54, 1.807) is 0 Å². The van der Waals surface area contributed by atoms with Crippen LogP contribution in [0.4, 0.5) is 5.69 Å². The highest BCUT2D eigenvalue weighted by Gasteiger charge is 2.11. The number of benzene rings is 1. The predicted molar refractivity (Wildman–Crippen MR) is 55.5 cm³/mol. The van der Waals surface area contributed by atoms with Crippen molar-refractivity contribution in [3.8, 4) is 0 Å². The van der Waals surface area contributed by atoms with E-state index in [0.717, 1.165) is 12.1 Å². The predicted octanol–water partition coefficient (Wildman–Crippen LogP) is 0.313. The number of carbonyl (C=O) groups is 2. The fourth-order valence-corrected chi connectivity index (χ4v) is 0.994. The summed E-state index contributed by atoms with van der Waals surface area (Å²) in [4.78, 5) is 31.8. The number of non-ortho nitro benzene ring substituents is 1. The Bertz CT molecular complexity index is 439. The Balaban J connectivity index is 2.64. The minimum absolute atomic E-state index is 0.0985. The number of hydrogen-bond donors (Lipinski definition) is 1. The fraction of sp³-hybridized carbons (Fsp3) is 0.200. The monoisotopic (exact) mass is 239 g/mol. The third-order valence-electron chi connectivity index (χ3n) is 1.85. The first-order chi connectivity index (χ1) is 8.04. The van der Waals surface area contributed by atoms with E-state index >= 15 is 0 Å². The zero-order valence-electron chi connectivity index (χ0n) is 8.66. The molecule has 7 heteroatoms. The Morgan fingerprint density at radius 1 is 1.29 bits per heavy atom. The van der Waals surface area contributed by atoms with Crippen LogP contribution in [0, 0.1) is 10.1 Å². The Labute approximate surface area is 95.8 Å². The van der Waals surface area contributed by atoms with Gasteiger partial charge in [-0.1, -0.05) is 0 Å². The average molecular weight is 239 g/mol. The van der Waals surface area contributed by atoms with Crippen molar-refractivity contribution in [3.63, 3.8) is 0 Å². The van der Waals surface area contributed by atoms with Crippen LogP contribution in [0.5, 0.6) is 0 Å². The van der Waals surface area contributed by atoms with Gasteiger partial charge in [0.25, 0.3) is 5.69 Å². The van der Waals surface area contributed by atoms with Gasteiger partial charge >= 0.3 is 5.97 Å². The molecule has 90 valence electrons. The molecule has 1 aromatic rings. The molecule has 0 aliphatic heterocycles. The van der Waals surface area contributed by atoms with Gasteiger partial charge in [-0.3, -0.25) is 14.9 Å². The summed E-state index contributed by atoms with van der Waals surface area (Å²) in [5.41, 5.74) is -0.0469. The van der Waals surface area contributed by atoms with Gasteiger partial charge < -0.3 is 9.84 Å². The maximum absolute atomic E-state index is 11.3. The van der Waals surface area contributed by atoms with Gasteiger partial charge in [-0.25, -0.2) is 4.79 Å². The molecule has 7 nitrogen and oxygen atoms in total. The van der Waals surface area contributed by atoms with E-state index in [9.17, 15) is 19.7 Å². The number of hydrogen-bond acceptors (Lipinski definition) is 6. The number of Topliss-reactive ketones (excluding diaryl/α,β-unsaturated/α-hetero) is 1. The van der Waals surface area contributed by atoms with Crippen molar-refractivity contribution in [2.75, 3.05) is 13.2 Å². The van der Waals surface area contributed by atoms with Gasteiger partial charge in [0.15, 0.2) is 12.4 Å². The lowest BCUT2D eigenvalue weighted by Crippen LogP contribution is -2.16. The molecule has 0 saturated heterocycles. The molecular weight excluding hydrogens is 230 g/mol. The van der Waals surface area contributed by atoms with E-state index in [-0.39, 0.29) is 11.3 Å². The van der Waals surface area contributed by atoms with Crippen LogP contribution in [0.25, 0.3) is 0 Å². The molecule has 0 bridgehead atoms. The van der Waals surface area contributed by atoms with Crippen LogP contribution >= 0.6 is 0 Å². The fourth-order valence-electron chi connectivity index (χ4n) is 0.994. The molecule has 0 heterocycles. The number of aliphatic hydroxyl groups excluding tert-OH is 1. The first kappa shape index (κ1) is 12.8. The summed E-state index contributed by atoms with van der Waals surface area (Å²) in [6.45, 7) is -1.22. The maximum Gasteiger partial charge on any atom is 0.338 e. The van der Waals surface area contributed by atoms with Crippen LogP contribution in [-0.2, 0) is 9.53 Å². The van der Waals surface area contributed by atoms with Crippen LogP contribution in [0.15, 0.2) is 24.3 Å². The molecule has 0 atom stereocenters. The molecule has 1 rings (SSSR count). The maximum atomic E-state index is 11.3. The van der Waals surface area contributed by atoms with Crippen LogP contribution in [0.2, 0.25) is 0 Å². The van der Waals surface area contributed by atoms with Gasteiger partial charge in [-0.05, 0) is 12.1 Å². The highest BCUT2D eigenvalue weighted by Crippen LogP contribution is 2.12. The summed E-state index contributed by atoms with van der Waals surface area (Å²) in [6.07, 6.45) is 0. The summed E-state index contributed by atoms with van der Waals surface area (Å²) in [5, 5.41) is 18.8. The molecule has 0 aliphatic carbocycles. The zero-order chi connectivity index (χ0) is 12.8. The molecule has 0 aliphatic rings. The molecule has 0 unspecified atom stereocenters. The van der Waals surface area contributed by atoms with Crippen LogP contribution in [0.1, 0.15) is 10.4 Å². The van der Waals surface area contributed by atoms with Crippen LogP contribution < -0.4 is 0 Å². The van der Waals surface area contributed by atoms with Gasteiger partial charge in [-0.15, -0.1) is 0 Å². The third kappa shape index (κ3) is 3.65. The Kier molecular flexibility index (Phi) is 4.29. The Morgan fingerprint density at radius 3 is 2.35 bits per heavy atom. The first-order valence-electron chi connectivity index (χ1n) is 4.58. The summed E-state index contributed by atoms with van der Waals surface area (Å²) < 4.78 is 4.56. The number of aliphatic hydroxyl groups is 1. The second-order valence-corrected chi connectivity index (χ2v) is 3.08. The van der Waals surface area contributed by atoms with Gasteiger partial charge in [0.05, 0.1) is 10.5 Å². The van der Waals surface area contributed by atoms with Crippen LogP contribution in [-0.4, -0.2) is 35.0 Å². The van der Waals surface area contributed by atoms with Gasteiger partial charge in [-0.2, -0.15) is 0 Å². The number of nitro benzene ring substituents is 1. The number of carbonyl (C=O) groups excluding carboxylic acids is 2. The summed E-state index contributed by atoms with van der Waals surface area (Å²) in [5.74, 6) is -1.40. The number of esters is 1. The molecule has 0 spiro atoms. The van der Waals surface area contributed by atoms with Crippen molar-refractivity contribution in [1.29, 1.82) is 0 Å². The molecule has 17 heavy (non-hydrogen) atoms. The minimum atomic E-state index is -0.776. The second-order valence-electron chi connectivity index (χ2n) is 3.08. The number of rotatable bonds is 5. The van der Waals surface area contributed by atoms with E-state index in [0.29, 0.717) is 0 Å². The number of nitro groups is 1. The van der Waals surface area contributed by atoms with E-state index < -0.39 is 29.9 Å². The highest BCUT2D eigenvalue weighted by atomic mass is 16.6. The van der Waals surface area contributed by atoms with Crippen molar-refractivity contribution in [2.24, 2.45) is 0 Å². The van der Waals surface area contributed by atoms with Gasteiger partial charge in [0.2, 0.25) is 0 Å². The number of ether oxygens (including phenoxy) is 1. The molecule has 1 aromatic carbocycles. The van der Waals surface area contributed by atoms with E-state index in [1.165, 1.54) is 12.1 Å². The van der Waals surface area contributed by atoms with Crippen molar-refractivity contribution < 1.29 is 24.4 Å². The van der Waals surface area contributed by atoms with E-state index in [4.69, 9.17) is 5.11 Å². The summed E-state index contributed by atoms with van der Waals surface area (Å²) in [6, 6.07) is 4.77. The van der Waals surface area contributed by atoms with Crippen molar-refractivity contribution in [3.05, 3.63) is 39.9 Å². The number of nitrogens with zero attached hydrogens (tertiary/aromatic N) is 1. The highest BCUT2D eigenvalue weighted by molar-refractivity contribution is 5.92. The van der Waals surface area contributed by atoms with Gasteiger partial charge in [0.1, 0.15) is 6.61 Å². The average Bonchev–Trinajstić information content (AvgIpc) is 2.35. The molecule has 0 aromatic heterocycles. The molecular formula is C10H9NO6. The Morgan fingerprint density at radius 2 is 1.88 bits per heavy atom. The Hall–Kier alpha value is -2.28. The lowest BCUT2D eigenvalue weighted by atomic mass is 10.2. The smallest absolute Gasteiger partial charge is 0.338 e. The van der Waals surface area contributed by atoms with Crippen molar-refractivity contribution in [2.45, 2.75) is 0 Å². The molecule has 0 fully saturated rings.